The number of nitrogens with zero attached hydrogens (tertiary/aromatic N) is 1. The fourth-order valence-electron chi connectivity index (χ4n) is 2.86. The number of carbonyl (C=O) groups is 1. The van der Waals surface area contributed by atoms with Gasteiger partial charge in [0.05, 0.1) is 13.0 Å². The lowest BCUT2D eigenvalue weighted by Crippen LogP contribution is -2.45. The average molecular weight is 183 g/mol. The minimum atomic E-state index is -0.0165. The normalized spacial score (nSPS) is 39.1. The van der Waals surface area contributed by atoms with Gasteiger partial charge in [0.25, 0.3) is 0 Å². The molecule has 0 aliphatic carbocycles. The number of fused-ring (bicyclic) bond motifs is 2. The Morgan fingerprint density at radius 1 is 1.31 bits per heavy atom. The second-order valence-electron chi connectivity index (χ2n) is 4.17. The Hall–Kier alpha value is -0.570. The van der Waals surface area contributed by atoms with Crippen LogP contribution < -0.4 is 0 Å². The highest BCUT2D eigenvalue weighted by molar-refractivity contribution is 5.73. The minimum absolute atomic E-state index is 0.0165. The molecule has 0 radical (unpaired) electrons. The van der Waals surface area contributed by atoms with Crippen LogP contribution in [0.25, 0.3) is 0 Å². The largest absolute Gasteiger partial charge is 0.469 e. The molecule has 0 N–H and O–H groups in total. The minimum Gasteiger partial charge on any atom is -0.469 e. The Balaban J connectivity index is 2.10. The predicted octanol–water partition coefficient (Wildman–Crippen LogP) is 1.03. The Kier molecular flexibility index (Phi) is 2.28. The SMILES string of the molecule is COC(=O)C1CCC2CCC1N2C. The molecule has 2 saturated heterocycles. The van der Waals surface area contributed by atoms with Crippen LogP contribution >= 0.6 is 0 Å². The maximum atomic E-state index is 11.5. The molecule has 3 nitrogen and oxygen atoms in total. The van der Waals surface area contributed by atoms with E-state index in [1.54, 1.807) is 0 Å². The smallest absolute Gasteiger partial charge is 0.310 e. The topological polar surface area (TPSA) is 29.5 Å². The molecular formula is C10H17NO2. The van der Waals surface area contributed by atoms with Gasteiger partial charge in [-0.3, -0.25) is 9.69 Å². The molecule has 74 valence electrons. The summed E-state index contributed by atoms with van der Waals surface area (Å²) < 4.78 is 4.82. The predicted molar refractivity (Wildman–Crippen MR) is 49.3 cm³/mol. The zero-order valence-electron chi connectivity index (χ0n) is 8.32. The summed E-state index contributed by atoms with van der Waals surface area (Å²) in [5.41, 5.74) is 0. The first-order valence-electron chi connectivity index (χ1n) is 5.04. The molecule has 2 bridgehead atoms. The third kappa shape index (κ3) is 1.35. The number of esters is 1. The van der Waals surface area contributed by atoms with Crippen LogP contribution in [0, 0.1) is 5.92 Å². The quantitative estimate of drug-likeness (QED) is 0.569. The number of rotatable bonds is 1. The van der Waals surface area contributed by atoms with Crippen molar-refractivity contribution in [2.24, 2.45) is 5.92 Å². The summed E-state index contributed by atoms with van der Waals surface area (Å²) in [5.74, 6) is 0.117. The monoisotopic (exact) mass is 183 g/mol. The first-order valence-corrected chi connectivity index (χ1v) is 5.04. The van der Waals surface area contributed by atoms with E-state index in [2.05, 4.69) is 11.9 Å². The van der Waals surface area contributed by atoms with Gasteiger partial charge >= 0.3 is 5.97 Å². The molecule has 0 amide bonds. The van der Waals surface area contributed by atoms with E-state index in [1.165, 1.54) is 20.0 Å². The van der Waals surface area contributed by atoms with Gasteiger partial charge in [-0.25, -0.2) is 0 Å². The highest BCUT2D eigenvalue weighted by Crippen LogP contribution is 2.38. The van der Waals surface area contributed by atoms with Crippen LogP contribution in [0.2, 0.25) is 0 Å². The molecule has 3 heteroatoms. The van der Waals surface area contributed by atoms with Gasteiger partial charge in [-0.2, -0.15) is 0 Å². The summed E-state index contributed by atoms with van der Waals surface area (Å²) in [7, 11) is 3.63. The van der Waals surface area contributed by atoms with Crippen molar-refractivity contribution in [3.05, 3.63) is 0 Å². The number of piperidine rings is 1. The van der Waals surface area contributed by atoms with E-state index in [9.17, 15) is 4.79 Å². The van der Waals surface area contributed by atoms with Crippen LogP contribution in [-0.4, -0.2) is 37.1 Å². The average Bonchev–Trinajstić information content (AvgIpc) is 2.41. The highest BCUT2D eigenvalue weighted by Gasteiger charge is 2.43. The molecule has 0 saturated carbocycles. The molecule has 13 heavy (non-hydrogen) atoms. The summed E-state index contributed by atoms with van der Waals surface area (Å²) in [4.78, 5) is 13.8. The maximum Gasteiger partial charge on any atom is 0.310 e. The lowest BCUT2D eigenvalue weighted by molar-refractivity contribution is -0.149. The number of hydrogen-bond acceptors (Lipinski definition) is 3. The number of hydrogen-bond donors (Lipinski definition) is 0. The molecule has 0 aromatic heterocycles. The first kappa shape index (κ1) is 9.00. The standard InChI is InChI=1S/C10H17NO2/c1-11-7-3-5-8(10(12)13-2)9(11)6-4-7/h7-9H,3-6H2,1-2H3. The van der Waals surface area contributed by atoms with Gasteiger partial charge in [0.1, 0.15) is 0 Å². The number of methoxy groups -OCH3 is 1. The molecule has 2 fully saturated rings. The molecule has 2 aliphatic heterocycles. The Morgan fingerprint density at radius 2 is 2.00 bits per heavy atom. The van der Waals surface area contributed by atoms with Gasteiger partial charge < -0.3 is 4.74 Å². The van der Waals surface area contributed by atoms with Crippen LogP contribution in [0.3, 0.4) is 0 Å². The summed E-state index contributed by atoms with van der Waals surface area (Å²) in [6.07, 6.45) is 4.61. The van der Waals surface area contributed by atoms with Crippen LogP contribution in [0.5, 0.6) is 0 Å². The van der Waals surface area contributed by atoms with Crippen LogP contribution in [0.15, 0.2) is 0 Å². The van der Waals surface area contributed by atoms with Crippen molar-refractivity contribution in [1.29, 1.82) is 0 Å². The van der Waals surface area contributed by atoms with Gasteiger partial charge in [-0.15, -0.1) is 0 Å². The van der Waals surface area contributed by atoms with Crippen LogP contribution in [-0.2, 0) is 9.53 Å². The molecule has 2 heterocycles. The highest BCUT2D eigenvalue weighted by atomic mass is 16.5. The third-order valence-electron chi connectivity index (χ3n) is 3.67. The van der Waals surface area contributed by atoms with E-state index in [4.69, 9.17) is 4.74 Å². The van der Waals surface area contributed by atoms with Crippen LogP contribution in [0.4, 0.5) is 0 Å². The van der Waals surface area contributed by atoms with E-state index < -0.39 is 0 Å². The van der Waals surface area contributed by atoms with Gasteiger partial charge in [-0.1, -0.05) is 0 Å². The van der Waals surface area contributed by atoms with Gasteiger partial charge in [0.2, 0.25) is 0 Å². The molecule has 2 aliphatic rings. The molecule has 0 aromatic rings. The van der Waals surface area contributed by atoms with E-state index in [0.717, 1.165) is 18.9 Å². The number of ether oxygens (including phenoxy) is 1. The summed E-state index contributed by atoms with van der Waals surface area (Å²) in [6, 6.07) is 1.18. The Morgan fingerprint density at radius 3 is 2.69 bits per heavy atom. The number of carbonyl (C=O) groups excluding carboxylic acids is 1. The lowest BCUT2D eigenvalue weighted by Gasteiger charge is -2.35. The molecule has 3 atom stereocenters. The van der Waals surface area contributed by atoms with Gasteiger partial charge in [0, 0.05) is 12.1 Å². The molecule has 0 aromatic carbocycles. The van der Waals surface area contributed by atoms with E-state index in [1.807, 2.05) is 0 Å². The molecule has 0 spiro atoms. The van der Waals surface area contributed by atoms with Crippen molar-refractivity contribution in [2.75, 3.05) is 14.2 Å². The van der Waals surface area contributed by atoms with Gasteiger partial charge in [-0.05, 0) is 32.7 Å². The summed E-state index contributed by atoms with van der Waals surface area (Å²) in [5, 5.41) is 0. The third-order valence-corrected chi connectivity index (χ3v) is 3.67. The maximum absolute atomic E-state index is 11.5. The van der Waals surface area contributed by atoms with Crippen molar-refractivity contribution in [2.45, 2.75) is 37.8 Å². The lowest BCUT2D eigenvalue weighted by atomic mass is 9.91. The Bertz CT molecular complexity index is 217. The zero-order valence-corrected chi connectivity index (χ0v) is 8.32. The molecular weight excluding hydrogens is 166 g/mol. The summed E-state index contributed by atoms with van der Waals surface area (Å²) in [6.45, 7) is 0. The second kappa shape index (κ2) is 3.29. The van der Waals surface area contributed by atoms with E-state index >= 15 is 0 Å². The van der Waals surface area contributed by atoms with Crippen molar-refractivity contribution >= 4 is 5.97 Å². The fourth-order valence-corrected chi connectivity index (χ4v) is 2.86. The molecule has 2 rings (SSSR count). The van der Waals surface area contributed by atoms with E-state index in [0.29, 0.717) is 6.04 Å². The van der Waals surface area contributed by atoms with Crippen molar-refractivity contribution in [1.82, 2.24) is 4.90 Å². The zero-order chi connectivity index (χ0) is 9.42. The van der Waals surface area contributed by atoms with Crippen molar-refractivity contribution < 1.29 is 9.53 Å². The van der Waals surface area contributed by atoms with Crippen molar-refractivity contribution in [3.8, 4) is 0 Å². The van der Waals surface area contributed by atoms with Gasteiger partial charge in [0.15, 0.2) is 0 Å². The van der Waals surface area contributed by atoms with Crippen LogP contribution in [0.1, 0.15) is 25.7 Å². The fraction of sp³-hybridized carbons (Fsp3) is 0.900. The summed E-state index contributed by atoms with van der Waals surface area (Å²) >= 11 is 0. The second-order valence-corrected chi connectivity index (χ2v) is 4.17. The van der Waals surface area contributed by atoms with Crippen molar-refractivity contribution in [3.63, 3.8) is 0 Å². The molecule has 3 unspecified atom stereocenters. The Labute approximate surface area is 79.0 Å². The first-order chi connectivity index (χ1) is 6.24. The van der Waals surface area contributed by atoms with E-state index in [-0.39, 0.29) is 11.9 Å².